The van der Waals surface area contributed by atoms with Crippen LogP contribution in [0.5, 0.6) is 0 Å². The molecule has 1 aromatic rings. The van der Waals surface area contributed by atoms with E-state index in [4.69, 9.17) is 0 Å². The van der Waals surface area contributed by atoms with E-state index in [-0.39, 0.29) is 0 Å². The molecule has 3 atom stereocenters. The van der Waals surface area contributed by atoms with Crippen LogP contribution in [-0.2, 0) is 11.2 Å². The van der Waals surface area contributed by atoms with Crippen molar-refractivity contribution in [2.75, 3.05) is 39.3 Å². The molecule has 0 aliphatic carbocycles. The zero-order valence-electron chi connectivity index (χ0n) is 13.8. The highest BCUT2D eigenvalue weighted by molar-refractivity contribution is 5.78. The quantitative estimate of drug-likeness (QED) is 0.853. The maximum Gasteiger partial charge on any atom is 0.278 e. The molecule has 0 saturated carbocycles. The predicted molar refractivity (Wildman–Crippen MR) is 88.5 cm³/mol. The van der Waals surface area contributed by atoms with Crippen LogP contribution in [0.25, 0.3) is 0 Å². The molecule has 1 spiro atoms. The van der Waals surface area contributed by atoms with Crippen LogP contribution >= 0.6 is 0 Å². The Morgan fingerprint density at radius 1 is 1.27 bits per heavy atom. The second-order valence-corrected chi connectivity index (χ2v) is 7.01. The lowest BCUT2D eigenvalue weighted by Gasteiger charge is -2.52. The zero-order valence-corrected chi connectivity index (χ0v) is 13.8. The molecule has 3 rings (SSSR count). The van der Waals surface area contributed by atoms with Crippen LogP contribution < -0.4 is 5.32 Å². The highest BCUT2D eigenvalue weighted by Crippen LogP contribution is 2.24. The Kier molecular flexibility index (Phi) is 4.50. The summed E-state index contributed by atoms with van der Waals surface area (Å²) < 4.78 is 0.981. The van der Waals surface area contributed by atoms with E-state index in [9.17, 15) is 4.79 Å². The first-order chi connectivity index (χ1) is 10.6. The standard InChI is InChI=1S/C18H28N3O/c1-15-13-21(11-9-19-12-16(21)2)14-18(22)20(15)10-8-17-6-4-3-5-7-17/h3-7,15-16,19H,8-14H2,1-2H3/q+1/t15-,16-,21?/m0/s1. The Labute approximate surface area is 133 Å². The average Bonchev–Trinajstić information content (AvgIpc) is 2.51. The van der Waals surface area contributed by atoms with Gasteiger partial charge in [0.15, 0.2) is 6.54 Å². The first kappa shape index (κ1) is 15.5. The number of piperazine rings is 2. The molecule has 2 fully saturated rings. The maximum absolute atomic E-state index is 12.7. The van der Waals surface area contributed by atoms with Gasteiger partial charge >= 0.3 is 0 Å². The number of carbonyl (C=O) groups excluding carboxylic acids is 1. The number of rotatable bonds is 3. The lowest BCUT2D eigenvalue weighted by molar-refractivity contribution is -0.949. The Bertz CT molecular complexity index is 518. The fourth-order valence-electron chi connectivity index (χ4n) is 4.07. The molecule has 4 nitrogen and oxygen atoms in total. The largest absolute Gasteiger partial charge is 0.329 e. The topological polar surface area (TPSA) is 32.3 Å². The van der Waals surface area contributed by atoms with Crippen LogP contribution in [0.2, 0.25) is 0 Å². The van der Waals surface area contributed by atoms with Crippen molar-refractivity contribution in [2.24, 2.45) is 0 Å². The smallest absolute Gasteiger partial charge is 0.278 e. The summed E-state index contributed by atoms with van der Waals surface area (Å²) in [5.41, 5.74) is 1.31. The average molecular weight is 302 g/mol. The van der Waals surface area contributed by atoms with Gasteiger partial charge in [-0.05, 0) is 25.8 Å². The SMILES string of the molecule is C[C@H]1C[N+]2(CCNC[C@@H]2C)CC(=O)N1CCc1ccccc1. The Balaban J connectivity index is 1.64. The maximum atomic E-state index is 12.7. The van der Waals surface area contributed by atoms with Gasteiger partial charge in [-0.15, -0.1) is 0 Å². The molecule has 2 aliphatic heterocycles. The first-order valence-corrected chi connectivity index (χ1v) is 8.51. The van der Waals surface area contributed by atoms with Gasteiger partial charge in [-0.25, -0.2) is 0 Å². The molecule has 0 radical (unpaired) electrons. The normalized spacial score (nSPS) is 32.5. The van der Waals surface area contributed by atoms with Crippen LogP contribution in [0.3, 0.4) is 0 Å². The number of hydrogen-bond acceptors (Lipinski definition) is 2. The first-order valence-electron chi connectivity index (χ1n) is 8.51. The van der Waals surface area contributed by atoms with E-state index >= 15 is 0 Å². The Morgan fingerprint density at radius 3 is 2.73 bits per heavy atom. The minimum absolute atomic E-state index is 0.337. The summed E-state index contributed by atoms with van der Waals surface area (Å²) in [6.45, 7) is 10.3. The van der Waals surface area contributed by atoms with Crippen molar-refractivity contribution in [3.8, 4) is 0 Å². The molecule has 1 amide bonds. The number of hydrogen-bond donors (Lipinski definition) is 1. The number of nitrogens with one attached hydrogen (secondary N) is 1. The van der Waals surface area contributed by atoms with Crippen molar-refractivity contribution in [1.82, 2.24) is 10.2 Å². The highest BCUT2D eigenvalue weighted by atomic mass is 16.2. The number of carbonyl (C=O) groups is 1. The molecule has 2 saturated heterocycles. The molecule has 120 valence electrons. The van der Waals surface area contributed by atoms with Crippen molar-refractivity contribution in [3.05, 3.63) is 35.9 Å². The summed E-state index contributed by atoms with van der Waals surface area (Å²) in [7, 11) is 0. The van der Waals surface area contributed by atoms with Gasteiger partial charge in [-0.3, -0.25) is 4.79 Å². The molecule has 1 N–H and O–H groups in total. The highest BCUT2D eigenvalue weighted by Gasteiger charge is 2.45. The van der Waals surface area contributed by atoms with Gasteiger partial charge in [0.25, 0.3) is 5.91 Å². The van der Waals surface area contributed by atoms with Crippen molar-refractivity contribution in [3.63, 3.8) is 0 Å². The van der Waals surface area contributed by atoms with E-state index < -0.39 is 0 Å². The lowest BCUT2D eigenvalue weighted by atomic mass is 10.0. The van der Waals surface area contributed by atoms with Crippen LogP contribution in [0.1, 0.15) is 19.4 Å². The fraction of sp³-hybridized carbons (Fsp3) is 0.611. The second-order valence-electron chi connectivity index (χ2n) is 7.01. The minimum atomic E-state index is 0.337. The van der Waals surface area contributed by atoms with Gasteiger partial charge in [-0.2, -0.15) is 0 Å². The van der Waals surface area contributed by atoms with Crippen LogP contribution in [0.4, 0.5) is 0 Å². The van der Waals surface area contributed by atoms with Crippen molar-refractivity contribution < 1.29 is 9.28 Å². The molecule has 22 heavy (non-hydrogen) atoms. The van der Waals surface area contributed by atoms with E-state index in [1.54, 1.807) is 0 Å². The minimum Gasteiger partial charge on any atom is -0.329 e. The molecular weight excluding hydrogens is 274 g/mol. The van der Waals surface area contributed by atoms with E-state index in [0.29, 0.717) is 24.5 Å². The zero-order chi connectivity index (χ0) is 15.6. The van der Waals surface area contributed by atoms with Crippen LogP contribution in [0, 0.1) is 0 Å². The van der Waals surface area contributed by atoms with E-state index in [2.05, 4.69) is 48.3 Å². The Morgan fingerprint density at radius 2 is 2.05 bits per heavy atom. The van der Waals surface area contributed by atoms with E-state index in [1.807, 2.05) is 6.07 Å². The fourth-order valence-corrected chi connectivity index (χ4v) is 4.07. The second kappa shape index (κ2) is 6.39. The number of amides is 1. The lowest BCUT2D eigenvalue weighted by Crippen LogP contribution is -2.73. The number of nitrogens with zero attached hydrogens (tertiary/aromatic N) is 2. The predicted octanol–water partition coefficient (Wildman–Crippen LogP) is 1.27. The van der Waals surface area contributed by atoms with E-state index in [0.717, 1.165) is 43.6 Å². The van der Waals surface area contributed by atoms with Gasteiger partial charge in [0.05, 0.1) is 25.2 Å². The molecule has 2 aliphatic rings. The summed E-state index contributed by atoms with van der Waals surface area (Å²) in [5.74, 6) is 0.337. The third-order valence-electron chi connectivity index (χ3n) is 5.52. The van der Waals surface area contributed by atoms with Crippen molar-refractivity contribution in [1.29, 1.82) is 0 Å². The van der Waals surface area contributed by atoms with Gasteiger partial charge < -0.3 is 14.7 Å². The van der Waals surface area contributed by atoms with Crippen molar-refractivity contribution >= 4 is 5.91 Å². The molecule has 1 unspecified atom stereocenters. The monoisotopic (exact) mass is 302 g/mol. The number of quaternary nitrogens is 1. The summed E-state index contributed by atoms with van der Waals surface area (Å²) in [5, 5.41) is 3.45. The molecule has 4 heteroatoms. The molecule has 2 heterocycles. The van der Waals surface area contributed by atoms with Crippen molar-refractivity contribution in [2.45, 2.75) is 32.4 Å². The Hall–Kier alpha value is -1.39. The molecule has 1 aromatic carbocycles. The summed E-state index contributed by atoms with van der Waals surface area (Å²) in [6, 6.07) is 11.3. The third kappa shape index (κ3) is 3.03. The van der Waals surface area contributed by atoms with E-state index in [1.165, 1.54) is 5.56 Å². The molecule has 0 aromatic heterocycles. The third-order valence-corrected chi connectivity index (χ3v) is 5.52. The van der Waals surface area contributed by atoms with Crippen LogP contribution in [0.15, 0.2) is 30.3 Å². The molecule has 0 bridgehead atoms. The van der Waals surface area contributed by atoms with Crippen LogP contribution in [-0.4, -0.2) is 66.6 Å². The van der Waals surface area contributed by atoms with Gasteiger partial charge in [0.2, 0.25) is 0 Å². The summed E-state index contributed by atoms with van der Waals surface area (Å²) >= 11 is 0. The molecular formula is C18H28N3O+. The number of benzene rings is 1. The summed E-state index contributed by atoms with van der Waals surface area (Å²) in [6.07, 6.45) is 0.952. The van der Waals surface area contributed by atoms with Gasteiger partial charge in [-0.1, -0.05) is 30.3 Å². The van der Waals surface area contributed by atoms with Gasteiger partial charge in [0.1, 0.15) is 0 Å². The summed E-state index contributed by atoms with van der Waals surface area (Å²) in [4.78, 5) is 14.8. The van der Waals surface area contributed by atoms with Gasteiger partial charge in [0, 0.05) is 19.6 Å².